The number of rotatable bonds is 8. The van der Waals surface area contributed by atoms with Crippen LogP contribution in [0, 0.1) is 0 Å². The quantitative estimate of drug-likeness (QED) is 0.535. The number of nitrogens with zero attached hydrogens (tertiary/aromatic N) is 1. The first-order valence-corrected chi connectivity index (χ1v) is 8.52. The molecule has 2 rings (SSSR count). The zero-order chi connectivity index (χ0) is 15.8. The molecule has 1 heterocycles. The zero-order valence-electron chi connectivity index (χ0n) is 13.4. The van der Waals surface area contributed by atoms with Crippen LogP contribution in [0.1, 0.15) is 51.6 Å². The van der Waals surface area contributed by atoms with E-state index >= 15 is 0 Å². The summed E-state index contributed by atoms with van der Waals surface area (Å²) in [4.78, 5) is 4.64. The second-order valence-corrected chi connectivity index (χ2v) is 5.80. The maximum atomic E-state index is 6.39. The fourth-order valence-electron chi connectivity index (χ4n) is 2.42. The highest BCUT2D eigenvalue weighted by Crippen LogP contribution is 2.27. The van der Waals surface area contributed by atoms with E-state index < -0.39 is 0 Å². The molecule has 0 aliphatic rings. The fourth-order valence-corrected chi connectivity index (χ4v) is 2.68. The van der Waals surface area contributed by atoms with Crippen LogP contribution in [0.2, 0.25) is 5.02 Å². The number of fused-ring (bicyclic) bond motifs is 1. The molecule has 0 unspecified atom stereocenters. The Kier molecular flexibility index (Phi) is 6.73. The van der Waals surface area contributed by atoms with Gasteiger partial charge in [-0.15, -0.1) is 0 Å². The molecule has 0 atom stereocenters. The standard InChI is InChI=1S/C19H24ClNO/c1-3-5-6-7-8-9-10-15-13-18(20)17-14-16(22-4-2)11-12-19(17)21-15/h9-14H,3-8H2,1-2H3. The van der Waals surface area contributed by atoms with Crippen molar-refractivity contribution in [3.8, 4) is 5.75 Å². The number of pyridine rings is 1. The number of unbranched alkanes of at least 4 members (excludes halogenated alkanes) is 4. The first-order valence-electron chi connectivity index (χ1n) is 8.14. The number of benzene rings is 1. The molecule has 0 aliphatic heterocycles. The minimum absolute atomic E-state index is 0.648. The maximum Gasteiger partial charge on any atom is 0.120 e. The molecule has 0 saturated carbocycles. The van der Waals surface area contributed by atoms with Crippen molar-refractivity contribution in [1.29, 1.82) is 0 Å². The van der Waals surface area contributed by atoms with E-state index in [9.17, 15) is 0 Å². The SMILES string of the molecule is CCCCCCC=Cc1cc(Cl)c2cc(OCC)ccc2n1. The number of hydrogen-bond donors (Lipinski definition) is 0. The van der Waals surface area contributed by atoms with E-state index in [2.05, 4.69) is 24.1 Å². The predicted molar refractivity (Wildman–Crippen MR) is 95.7 cm³/mol. The third-order valence-corrected chi connectivity index (χ3v) is 3.89. The van der Waals surface area contributed by atoms with Gasteiger partial charge in [-0.1, -0.05) is 43.9 Å². The molecule has 118 valence electrons. The molecule has 0 aliphatic carbocycles. The van der Waals surface area contributed by atoms with Crippen molar-refractivity contribution in [2.75, 3.05) is 6.61 Å². The van der Waals surface area contributed by atoms with Gasteiger partial charge in [0.25, 0.3) is 0 Å². The van der Waals surface area contributed by atoms with E-state index in [-0.39, 0.29) is 0 Å². The van der Waals surface area contributed by atoms with Crippen molar-refractivity contribution >= 4 is 28.6 Å². The van der Waals surface area contributed by atoms with Gasteiger partial charge in [-0.2, -0.15) is 0 Å². The minimum Gasteiger partial charge on any atom is -0.494 e. The summed E-state index contributed by atoms with van der Waals surface area (Å²) < 4.78 is 5.51. The van der Waals surface area contributed by atoms with Gasteiger partial charge in [-0.25, -0.2) is 4.98 Å². The van der Waals surface area contributed by atoms with Gasteiger partial charge in [0, 0.05) is 5.39 Å². The predicted octanol–water partition coefficient (Wildman–Crippen LogP) is 6.27. The molecule has 0 bridgehead atoms. The molecule has 2 nitrogen and oxygen atoms in total. The minimum atomic E-state index is 0.648. The summed E-state index contributed by atoms with van der Waals surface area (Å²) in [6.45, 7) is 4.85. The molecule has 0 amide bonds. The Bertz CT molecular complexity index is 637. The Morgan fingerprint density at radius 1 is 1.14 bits per heavy atom. The summed E-state index contributed by atoms with van der Waals surface area (Å²) in [5.74, 6) is 0.831. The first kappa shape index (κ1) is 16.8. The van der Waals surface area contributed by atoms with Crippen LogP contribution in [0.3, 0.4) is 0 Å². The second kappa shape index (κ2) is 8.79. The largest absolute Gasteiger partial charge is 0.494 e. The highest BCUT2D eigenvalue weighted by molar-refractivity contribution is 6.35. The van der Waals surface area contributed by atoms with Crippen LogP contribution in [-0.4, -0.2) is 11.6 Å². The molecule has 0 saturated heterocycles. The molecule has 1 aromatic heterocycles. The molecule has 0 radical (unpaired) electrons. The molecule has 0 spiro atoms. The number of ether oxygens (including phenoxy) is 1. The third-order valence-electron chi connectivity index (χ3n) is 3.57. The van der Waals surface area contributed by atoms with Gasteiger partial charge in [0.05, 0.1) is 22.8 Å². The van der Waals surface area contributed by atoms with Crippen molar-refractivity contribution < 1.29 is 4.74 Å². The van der Waals surface area contributed by atoms with Crippen LogP contribution in [0.15, 0.2) is 30.3 Å². The summed E-state index contributed by atoms with van der Waals surface area (Å²) in [7, 11) is 0. The first-order chi connectivity index (χ1) is 10.7. The molecule has 0 fully saturated rings. The van der Waals surface area contributed by atoms with Crippen molar-refractivity contribution in [1.82, 2.24) is 4.98 Å². The lowest BCUT2D eigenvalue weighted by Gasteiger charge is -2.06. The molecule has 2 aromatic rings. The van der Waals surface area contributed by atoms with Gasteiger partial charge >= 0.3 is 0 Å². The fraction of sp³-hybridized carbons (Fsp3) is 0.421. The number of halogens is 1. The Balaban J connectivity index is 2.09. The van der Waals surface area contributed by atoms with Crippen LogP contribution in [0.4, 0.5) is 0 Å². The molecule has 3 heteroatoms. The van der Waals surface area contributed by atoms with Gasteiger partial charge in [0.15, 0.2) is 0 Å². The molecule has 22 heavy (non-hydrogen) atoms. The number of aromatic nitrogens is 1. The highest BCUT2D eigenvalue weighted by atomic mass is 35.5. The average Bonchev–Trinajstić information content (AvgIpc) is 2.52. The van der Waals surface area contributed by atoms with Crippen molar-refractivity contribution in [2.45, 2.75) is 46.0 Å². The Hall–Kier alpha value is -1.54. The van der Waals surface area contributed by atoms with Gasteiger partial charge in [-0.05, 0) is 50.1 Å². The lowest BCUT2D eigenvalue weighted by Crippen LogP contribution is -1.92. The monoisotopic (exact) mass is 317 g/mol. The highest BCUT2D eigenvalue weighted by Gasteiger charge is 2.04. The van der Waals surface area contributed by atoms with E-state index in [4.69, 9.17) is 16.3 Å². The lowest BCUT2D eigenvalue weighted by atomic mass is 10.1. The van der Waals surface area contributed by atoms with E-state index in [0.717, 1.165) is 33.8 Å². The summed E-state index contributed by atoms with van der Waals surface area (Å²) in [6.07, 6.45) is 10.5. The molecule has 1 aromatic carbocycles. The van der Waals surface area contributed by atoms with Crippen LogP contribution in [-0.2, 0) is 0 Å². The smallest absolute Gasteiger partial charge is 0.120 e. The van der Waals surface area contributed by atoms with Crippen molar-refractivity contribution in [3.63, 3.8) is 0 Å². The van der Waals surface area contributed by atoms with E-state index in [0.29, 0.717) is 6.61 Å². The van der Waals surface area contributed by atoms with Crippen molar-refractivity contribution in [2.24, 2.45) is 0 Å². The molecular weight excluding hydrogens is 294 g/mol. The Labute approximate surface area is 138 Å². The number of allylic oxidation sites excluding steroid dienone is 1. The maximum absolute atomic E-state index is 6.39. The van der Waals surface area contributed by atoms with Crippen LogP contribution in [0.25, 0.3) is 17.0 Å². The second-order valence-electron chi connectivity index (χ2n) is 5.39. The summed E-state index contributed by atoms with van der Waals surface area (Å²) in [5, 5.41) is 1.66. The van der Waals surface area contributed by atoms with Gasteiger partial charge < -0.3 is 4.74 Å². The lowest BCUT2D eigenvalue weighted by molar-refractivity contribution is 0.340. The molecular formula is C19H24ClNO. The van der Waals surface area contributed by atoms with Crippen LogP contribution < -0.4 is 4.74 Å². The van der Waals surface area contributed by atoms with Crippen LogP contribution >= 0.6 is 11.6 Å². The van der Waals surface area contributed by atoms with Gasteiger partial charge in [0.1, 0.15) is 5.75 Å². The zero-order valence-corrected chi connectivity index (χ0v) is 14.2. The van der Waals surface area contributed by atoms with E-state index in [1.165, 1.54) is 25.7 Å². The topological polar surface area (TPSA) is 22.1 Å². The van der Waals surface area contributed by atoms with Crippen LogP contribution in [0.5, 0.6) is 5.75 Å². The van der Waals surface area contributed by atoms with E-state index in [1.54, 1.807) is 0 Å². The number of hydrogen-bond acceptors (Lipinski definition) is 2. The normalized spacial score (nSPS) is 11.4. The Morgan fingerprint density at radius 2 is 2.00 bits per heavy atom. The van der Waals surface area contributed by atoms with Crippen molar-refractivity contribution in [3.05, 3.63) is 41.1 Å². The van der Waals surface area contributed by atoms with Gasteiger partial charge in [0.2, 0.25) is 0 Å². The van der Waals surface area contributed by atoms with E-state index in [1.807, 2.05) is 31.2 Å². The summed E-state index contributed by atoms with van der Waals surface area (Å²) in [6, 6.07) is 7.77. The summed E-state index contributed by atoms with van der Waals surface area (Å²) in [5.41, 5.74) is 1.82. The molecule has 0 N–H and O–H groups in total. The van der Waals surface area contributed by atoms with Gasteiger partial charge in [-0.3, -0.25) is 0 Å². The summed E-state index contributed by atoms with van der Waals surface area (Å²) >= 11 is 6.39. The average molecular weight is 318 g/mol. The Morgan fingerprint density at radius 3 is 2.77 bits per heavy atom. The third kappa shape index (κ3) is 4.74.